The minimum Gasteiger partial charge on any atom is -0.343 e. The molecule has 2 aromatic rings. The van der Waals surface area contributed by atoms with E-state index in [0.717, 1.165) is 28.7 Å². The molecule has 0 spiro atoms. The van der Waals surface area contributed by atoms with Gasteiger partial charge in [-0.15, -0.1) is 10.2 Å². The highest BCUT2D eigenvalue weighted by molar-refractivity contribution is 9.10. The van der Waals surface area contributed by atoms with Gasteiger partial charge in [0.15, 0.2) is 0 Å². The Morgan fingerprint density at radius 2 is 1.95 bits per heavy atom. The van der Waals surface area contributed by atoms with Crippen molar-refractivity contribution >= 4 is 27.8 Å². The van der Waals surface area contributed by atoms with Gasteiger partial charge in [-0.2, -0.15) is 0 Å². The van der Waals surface area contributed by atoms with Crippen molar-refractivity contribution in [3.63, 3.8) is 0 Å². The van der Waals surface area contributed by atoms with Crippen LogP contribution in [0.25, 0.3) is 0 Å². The van der Waals surface area contributed by atoms with Crippen LogP contribution in [0.1, 0.15) is 42.6 Å². The molecule has 0 bridgehead atoms. The quantitative estimate of drug-likeness (QED) is 0.898. The van der Waals surface area contributed by atoms with Crippen LogP contribution in [0.3, 0.4) is 0 Å². The molecule has 6 nitrogen and oxygen atoms in total. The summed E-state index contributed by atoms with van der Waals surface area (Å²) in [7, 11) is 0. The molecule has 7 heteroatoms. The van der Waals surface area contributed by atoms with Crippen molar-refractivity contribution in [2.45, 2.75) is 40.2 Å². The number of carbonyl (C=O) groups is 1. The van der Waals surface area contributed by atoms with E-state index in [2.05, 4.69) is 36.4 Å². The largest absolute Gasteiger partial charge is 0.343 e. The summed E-state index contributed by atoms with van der Waals surface area (Å²) in [5.41, 5.74) is 2.30. The maximum absolute atomic E-state index is 12.3. The molecule has 1 N–H and O–H groups in total. The van der Waals surface area contributed by atoms with E-state index in [9.17, 15) is 4.79 Å². The summed E-state index contributed by atoms with van der Waals surface area (Å²) >= 11 is 3.37. The molecule has 2 rings (SSSR count). The molecule has 0 radical (unpaired) electrons. The van der Waals surface area contributed by atoms with E-state index in [-0.39, 0.29) is 11.9 Å². The highest BCUT2D eigenvalue weighted by atomic mass is 79.9. The topological polar surface area (TPSA) is 72.7 Å². The van der Waals surface area contributed by atoms with E-state index in [1.807, 2.05) is 31.5 Å². The van der Waals surface area contributed by atoms with Gasteiger partial charge in [0.2, 0.25) is 5.95 Å². The normalized spacial score (nSPS) is 10.7. The number of aryl methyl sites for hydroxylation is 3. The van der Waals surface area contributed by atoms with Crippen molar-refractivity contribution in [2.75, 3.05) is 5.32 Å². The predicted molar refractivity (Wildman–Crippen MR) is 84.3 cm³/mol. The smallest absolute Gasteiger partial charge is 0.274 e. The van der Waals surface area contributed by atoms with Crippen LogP contribution in [0.5, 0.6) is 0 Å². The van der Waals surface area contributed by atoms with Gasteiger partial charge in [0, 0.05) is 17.2 Å². The summed E-state index contributed by atoms with van der Waals surface area (Å²) in [6.45, 7) is 6.71. The average Bonchev–Trinajstić information content (AvgIpc) is 2.88. The summed E-state index contributed by atoms with van der Waals surface area (Å²) in [5.74, 6) is 0.00433. The van der Waals surface area contributed by atoms with Gasteiger partial charge >= 0.3 is 0 Å². The first-order valence-corrected chi connectivity index (χ1v) is 7.77. The molecule has 0 aromatic carbocycles. The molecule has 1 amide bonds. The van der Waals surface area contributed by atoms with Crippen LogP contribution < -0.4 is 5.32 Å². The van der Waals surface area contributed by atoms with Crippen LogP contribution in [0, 0.1) is 0 Å². The maximum atomic E-state index is 12.3. The molecule has 0 aliphatic carbocycles. The zero-order chi connectivity index (χ0) is 15.4. The monoisotopic (exact) mass is 351 g/mol. The number of nitrogens with zero attached hydrogens (tertiary/aromatic N) is 4. The Hall–Kier alpha value is -1.76. The van der Waals surface area contributed by atoms with Crippen molar-refractivity contribution in [3.05, 3.63) is 33.8 Å². The summed E-state index contributed by atoms with van der Waals surface area (Å²) in [5, 5.41) is 10.8. The first-order valence-electron chi connectivity index (χ1n) is 6.98. The second-order valence-corrected chi connectivity index (χ2v) is 5.44. The third-order valence-electron chi connectivity index (χ3n) is 3.17. The average molecular weight is 352 g/mol. The van der Waals surface area contributed by atoms with E-state index in [1.54, 1.807) is 6.07 Å². The number of carbonyl (C=O) groups excluding carboxylic acids is 1. The third-order valence-corrected chi connectivity index (χ3v) is 3.60. The number of anilines is 1. The molecular formula is C14H18BrN5O. The fourth-order valence-electron chi connectivity index (χ4n) is 2.08. The van der Waals surface area contributed by atoms with Crippen molar-refractivity contribution in [1.29, 1.82) is 0 Å². The lowest BCUT2D eigenvalue weighted by molar-refractivity contribution is 0.101. The Kier molecular flexibility index (Phi) is 5.06. The van der Waals surface area contributed by atoms with E-state index in [1.165, 1.54) is 0 Å². The molecule has 0 saturated heterocycles. The maximum Gasteiger partial charge on any atom is 0.274 e. The van der Waals surface area contributed by atoms with Crippen LogP contribution in [-0.4, -0.2) is 25.7 Å². The lowest BCUT2D eigenvalue weighted by atomic mass is 10.2. The first kappa shape index (κ1) is 15.6. The van der Waals surface area contributed by atoms with E-state index in [0.29, 0.717) is 12.2 Å². The van der Waals surface area contributed by atoms with E-state index in [4.69, 9.17) is 0 Å². The summed E-state index contributed by atoms with van der Waals surface area (Å²) in [6.07, 6.45) is 3.41. The highest BCUT2D eigenvalue weighted by Gasteiger charge is 2.15. The van der Waals surface area contributed by atoms with Crippen molar-refractivity contribution in [2.24, 2.45) is 0 Å². The fourth-order valence-corrected chi connectivity index (χ4v) is 2.55. The molecule has 21 heavy (non-hydrogen) atoms. The standard InChI is InChI=1S/C14H18BrN5O/c1-4-10-11(5-2)18-19-14(16-10)17-13(21)12-7-9(15)8-20(12)6-3/h7-8H,4-6H2,1-3H3,(H,16,17,19,21). The number of rotatable bonds is 5. The van der Waals surface area contributed by atoms with Gasteiger partial charge in [-0.3, -0.25) is 10.1 Å². The van der Waals surface area contributed by atoms with Gasteiger partial charge < -0.3 is 4.57 Å². The van der Waals surface area contributed by atoms with E-state index >= 15 is 0 Å². The molecule has 0 atom stereocenters. The highest BCUT2D eigenvalue weighted by Crippen LogP contribution is 2.16. The van der Waals surface area contributed by atoms with Gasteiger partial charge in [-0.05, 0) is 41.8 Å². The SMILES string of the molecule is CCc1nnc(NC(=O)c2cc(Br)cn2CC)nc1CC. The Balaban J connectivity index is 2.23. The number of amides is 1. The molecule has 2 heterocycles. The van der Waals surface area contributed by atoms with E-state index < -0.39 is 0 Å². The van der Waals surface area contributed by atoms with Gasteiger partial charge in [0.1, 0.15) is 5.69 Å². The lowest BCUT2D eigenvalue weighted by Crippen LogP contribution is -2.19. The van der Waals surface area contributed by atoms with Crippen LogP contribution >= 0.6 is 15.9 Å². The molecular weight excluding hydrogens is 334 g/mol. The second-order valence-electron chi connectivity index (χ2n) is 4.52. The third kappa shape index (κ3) is 3.47. The van der Waals surface area contributed by atoms with Crippen LogP contribution in [-0.2, 0) is 19.4 Å². The van der Waals surface area contributed by atoms with Gasteiger partial charge in [-0.1, -0.05) is 13.8 Å². The molecule has 0 saturated carbocycles. The number of hydrogen-bond acceptors (Lipinski definition) is 4. The Morgan fingerprint density at radius 3 is 2.57 bits per heavy atom. The lowest BCUT2D eigenvalue weighted by Gasteiger charge is -2.08. The number of aromatic nitrogens is 4. The number of hydrogen-bond donors (Lipinski definition) is 1. The number of nitrogens with one attached hydrogen (secondary N) is 1. The van der Waals surface area contributed by atoms with Crippen LogP contribution in [0.4, 0.5) is 5.95 Å². The fraction of sp³-hybridized carbons (Fsp3) is 0.429. The van der Waals surface area contributed by atoms with Crippen molar-refractivity contribution < 1.29 is 4.79 Å². The molecule has 2 aromatic heterocycles. The van der Waals surface area contributed by atoms with Crippen LogP contribution in [0.2, 0.25) is 0 Å². The van der Waals surface area contributed by atoms with Crippen LogP contribution in [0.15, 0.2) is 16.7 Å². The summed E-state index contributed by atoms with van der Waals surface area (Å²) in [6, 6.07) is 1.77. The molecule has 0 aliphatic heterocycles. The second kappa shape index (κ2) is 6.80. The predicted octanol–water partition coefficient (Wildman–Crippen LogP) is 2.83. The van der Waals surface area contributed by atoms with Gasteiger partial charge in [0.05, 0.1) is 11.4 Å². The summed E-state index contributed by atoms with van der Waals surface area (Å²) < 4.78 is 2.72. The van der Waals surface area contributed by atoms with Crippen molar-refractivity contribution in [1.82, 2.24) is 19.7 Å². The Bertz CT molecular complexity index is 653. The number of halogens is 1. The Labute approximate surface area is 132 Å². The molecule has 0 unspecified atom stereocenters. The molecule has 112 valence electrons. The minimum absolute atomic E-state index is 0.240. The molecule has 0 aliphatic rings. The zero-order valence-corrected chi connectivity index (χ0v) is 13.9. The molecule has 0 fully saturated rings. The Morgan fingerprint density at radius 1 is 1.24 bits per heavy atom. The van der Waals surface area contributed by atoms with Gasteiger partial charge in [0.25, 0.3) is 5.91 Å². The first-order chi connectivity index (χ1) is 10.1. The van der Waals surface area contributed by atoms with Gasteiger partial charge in [-0.25, -0.2) is 4.98 Å². The summed E-state index contributed by atoms with van der Waals surface area (Å²) in [4.78, 5) is 16.7. The van der Waals surface area contributed by atoms with Crippen molar-refractivity contribution in [3.8, 4) is 0 Å². The minimum atomic E-state index is -0.240. The zero-order valence-electron chi connectivity index (χ0n) is 12.4.